The molecule has 0 unspecified atom stereocenters. The summed E-state index contributed by atoms with van der Waals surface area (Å²) in [5.41, 5.74) is 2.28. The van der Waals surface area contributed by atoms with Gasteiger partial charge in [-0.05, 0) is 16.3 Å². The molecule has 116 valence electrons. The highest BCUT2D eigenvalue weighted by molar-refractivity contribution is 5.85. The number of ether oxygens (including phenoxy) is 1. The van der Waals surface area contributed by atoms with Gasteiger partial charge in [0.05, 0.1) is 18.5 Å². The summed E-state index contributed by atoms with van der Waals surface area (Å²) in [6, 6.07) is 15.1. The fraction of sp³-hybridized carbons (Fsp3) is 0.263. The zero-order valence-electron chi connectivity index (χ0n) is 12.9. The number of fused-ring (bicyclic) bond motifs is 1. The van der Waals surface area contributed by atoms with Crippen LogP contribution in [0.1, 0.15) is 17.4 Å². The van der Waals surface area contributed by atoms with E-state index in [1.165, 1.54) is 16.3 Å². The number of hydrogen-bond donors (Lipinski definition) is 0. The van der Waals surface area contributed by atoms with Crippen LogP contribution in [0.25, 0.3) is 10.8 Å². The molecule has 0 spiro atoms. The van der Waals surface area contributed by atoms with Gasteiger partial charge in [-0.25, -0.2) is 0 Å². The highest BCUT2D eigenvalue weighted by atomic mass is 16.5. The van der Waals surface area contributed by atoms with Crippen LogP contribution in [-0.4, -0.2) is 34.6 Å². The number of benzene rings is 2. The van der Waals surface area contributed by atoms with Crippen LogP contribution in [0.2, 0.25) is 0 Å². The number of aromatic nitrogens is 2. The number of morpholine rings is 1. The van der Waals surface area contributed by atoms with Crippen molar-refractivity contribution in [2.45, 2.75) is 12.6 Å². The summed E-state index contributed by atoms with van der Waals surface area (Å²) in [5, 5.41) is 2.63. The first-order valence-electron chi connectivity index (χ1n) is 7.97. The molecule has 0 bridgehead atoms. The van der Waals surface area contributed by atoms with Gasteiger partial charge in [-0.1, -0.05) is 42.5 Å². The van der Waals surface area contributed by atoms with E-state index in [2.05, 4.69) is 57.3 Å². The molecule has 0 saturated carbocycles. The summed E-state index contributed by atoms with van der Waals surface area (Å²) in [6.45, 7) is 3.45. The van der Waals surface area contributed by atoms with Crippen molar-refractivity contribution in [1.82, 2.24) is 14.9 Å². The molecule has 4 rings (SSSR count). The van der Waals surface area contributed by atoms with Gasteiger partial charge in [0.15, 0.2) is 0 Å². The van der Waals surface area contributed by atoms with Gasteiger partial charge in [0.2, 0.25) is 0 Å². The fourth-order valence-electron chi connectivity index (χ4n) is 3.17. The molecule has 0 aliphatic carbocycles. The van der Waals surface area contributed by atoms with E-state index in [9.17, 15) is 0 Å². The minimum atomic E-state index is 0.00688. The van der Waals surface area contributed by atoms with Crippen molar-refractivity contribution in [3.05, 3.63) is 72.3 Å². The Morgan fingerprint density at radius 2 is 2.00 bits per heavy atom. The van der Waals surface area contributed by atoms with E-state index in [1.54, 1.807) is 18.6 Å². The van der Waals surface area contributed by atoms with Crippen molar-refractivity contribution in [2.24, 2.45) is 0 Å². The smallest absolute Gasteiger partial charge is 0.114 e. The van der Waals surface area contributed by atoms with Gasteiger partial charge in [0.1, 0.15) is 6.10 Å². The van der Waals surface area contributed by atoms with E-state index in [0.717, 1.165) is 31.9 Å². The first-order valence-corrected chi connectivity index (χ1v) is 7.97. The lowest BCUT2D eigenvalue weighted by Gasteiger charge is -2.32. The monoisotopic (exact) mass is 305 g/mol. The summed E-state index contributed by atoms with van der Waals surface area (Å²) < 4.78 is 5.88. The van der Waals surface area contributed by atoms with Crippen LogP contribution in [0.5, 0.6) is 0 Å². The quantitative estimate of drug-likeness (QED) is 0.745. The van der Waals surface area contributed by atoms with Crippen LogP contribution < -0.4 is 0 Å². The van der Waals surface area contributed by atoms with Crippen molar-refractivity contribution in [2.75, 3.05) is 19.7 Å². The Hall–Kier alpha value is -2.30. The van der Waals surface area contributed by atoms with Gasteiger partial charge in [0, 0.05) is 32.0 Å². The van der Waals surface area contributed by atoms with Crippen LogP contribution in [-0.2, 0) is 11.3 Å². The molecule has 2 heterocycles. The molecule has 23 heavy (non-hydrogen) atoms. The molecule has 2 aromatic carbocycles. The van der Waals surface area contributed by atoms with Crippen molar-refractivity contribution < 1.29 is 4.74 Å². The van der Waals surface area contributed by atoms with Crippen LogP contribution in [0, 0.1) is 0 Å². The van der Waals surface area contributed by atoms with Gasteiger partial charge >= 0.3 is 0 Å². The third kappa shape index (κ3) is 3.09. The van der Waals surface area contributed by atoms with Crippen LogP contribution >= 0.6 is 0 Å². The van der Waals surface area contributed by atoms with Gasteiger partial charge in [-0.15, -0.1) is 0 Å². The van der Waals surface area contributed by atoms with Crippen molar-refractivity contribution in [3.8, 4) is 0 Å². The summed E-state index contributed by atoms with van der Waals surface area (Å²) in [7, 11) is 0. The Labute approximate surface area is 135 Å². The van der Waals surface area contributed by atoms with Crippen molar-refractivity contribution in [3.63, 3.8) is 0 Å². The largest absolute Gasteiger partial charge is 0.369 e. The van der Waals surface area contributed by atoms with E-state index in [0.29, 0.717) is 0 Å². The van der Waals surface area contributed by atoms with E-state index in [4.69, 9.17) is 4.74 Å². The molecule has 4 heteroatoms. The van der Waals surface area contributed by atoms with Crippen LogP contribution in [0.3, 0.4) is 0 Å². The van der Waals surface area contributed by atoms with Gasteiger partial charge in [0.25, 0.3) is 0 Å². The van der Waals surface area contributed by atoms with E-state index >= 15 is 0 Å². The second-order valence-corrected chi connectivity index (χ2v) is 5.86. The third-order valence-corrected chi connectivity index (χ3v) is 4.34. The maximum absolute atomic E-state index is 5.88. The third-order valence-electron chi connectivity index (χ3n) is 4.34. The molecule has 0 N–H and O–H groups in total. The van der Waals surface area contributed by atoms with E-state index < -0.39 is 0 Å². The maximum atomic E-state index is 5.88. The Kier molecular flexibility index (Phi) is 4.01. The Morgan fingerprint density at radius 3 is 2.91 bits per heavy atom. The van der Waals surface area contributed by atoms with Gasteiger partial charge in [-0.3, -0.25) is 14.9 Å². The molecule has 3 aromatic rings. The minimum Gasteiger partial charge on any atom is -0.369 e. The summed E-state index contributed by atoms with van der Waals surface area (Å²) in [6.07, 6.45) is 5.22. The molecule has 1 fully saturated rings. The van der Waals surface area contributed by atoms with Crippen molar-refractivity contribution >= 4 is 10.8 Å². The number of nitrogens with zero attached hydrogens (tertiary/aromatic N) is 3. The summed E-state index contributed by atoms with van der Waals surface area (Å²) in [4.78, 5) is 11.0. The Balaban J connectivity index is 1.54. The van der Waals surface area contributed by atoms with Gasteiger partial charge < -0.3 is 4.74 Å². The first kappa shape index (κ1) is 14.3. The molecule has 0 radical (unpaired) electrons. The normalized spacial score (nSPS) is 19.0. The average molecular weight is 305 g/mol. The van der Waals surface area contributed by atoms with E-state index in [1.807, 2.05) is 0 Å². The Morgan fingerprint density at radius 1 is 1.09 bits per heavy atom. The standard InChI is InChI=1S/C19H19N3O/c1-2-7-17-15(4-1)5-3-6-16(17)13-22-10-11-23-19(14-22)18-12-20-8-9-21-18/h1-9,12,19H,10-11,13-14H2/t19-/m1/s1. The molecule has 0 amide bonds. The molecule has 1 aliphatic heterocycles. The zero-order valence-corrected chi connectivity index (χ0v) is 12.9. The fourth-order valence-corrected chi connectivity index (χ4v) is 3.17. The first-order chi connectivity index (χ1) is 11.4. The number of hydrogen-bond acceptors (Lipinski definition) is 4. The zero-order chi connectivity index (χ0) is 15.5. The highest BCUT2D eigenvalue weighted by Gasteiger charge is 2.23. The molecule has 1 atom stereocenters. The summed E-state index contributed by atoms with van der Waals surface area (Å²) >= 11 is 0. The lowest BCUT2D eigenvalue weighted by Crippen LogP contribution is -2.38. The predicted octanol–water partition coefficient (Wildman–Crippen LogP) is 3.20. The maximum Gasteiger partial charge on any atom is 0.114 e. The topological polar surface area (TPSA) is 38.2 Å². The van der Waals surface area contributed by atoms with Crippen molar-refractivity contribution in [1.29, 1.82) is 0 Å². The molecule has 4 nitrogen and oxygen atoms in total. The van der Waals surface area contributed by atoms with Crippen LogP contribution in [0.15, 0.2) is 61.1 Å². The lowest BCUT2D eigenvalue weighted by molar-refractivity contribution is -0.0350. The van der Waals surface area contributed by atoms with Crippen LogP contribution in [0.4, 0.5) is 0 Å². The highest BCUT2D eigenvalue weighted by Crippen LogP contribution is 2.24. The lowest BCUT2D eigenvalue weighted by atomic mass is 10.0. The molecule has 1 aliphatic rings. The molecular formula is C19H19N3O. The predicted molar refractivity (Wildman–Crippen MR) is 90.0 cm³/mol. The molecular weight excluding hydrogens is 286 g/mol. The second-order valence-electron chi connectivity index (χ2n) is 5.86. The average Bonchev–Trinajstić information content (AvgIpc) is 2.63. The minimum absolute atomic E-state index is 0.00688. The van der Waals surface area contributed by atoms with E-state index in [-0.39, 0.29) is 6.10 Å². The van der Waals surface area contributed by atoms with Gasteiger partial charge in [-0.2, -0.15) is 0 Å². The molecule has 1 aromatic heterocycles. The second kappa shape index (κ2) is 6.44. The SMILES string of the molecule is c1ccc2c(CN3CCO[C@@H](c4cnccn4)C3)cccc2c1. The molecule has 1 saturated heterocycles. The summed E-state index contributed by atoms with van der Waals surface area (Å²) in [5.74, 6) is 0. The Bertz CT molecular complexity index is 785. The number of rotatable bonds is 3.